The summed E-state index contributed by atoms with van der Waals surface area (Å²) in [5, 5.41) is 9.53. The van der Waals surface area contributed by atoms with Crippen LogP contribution in [0.1, 0.15) is 31.7 Å². The van der Waals surface area contributed by atoms with Gasteiger partial charge in [-0.05, 0) is 36.5 Å². The van der Waals surface area contributed by atoms with Gasteiger partial charge in [0, 0.05) is 0 Å². The van der Waals surface area contributed by atoms with E-state index in [1.54, 1.807) is 0 Å². The summed E-state index contributed by atoms with van der Waals surface area (Å²) >= 11 is 0. The van der Waals surface area contributed by atoms with Gasteiger partial charge in [0.05, 0.1) is 5.41 Å². The van der Waals surface area contributed by atoms with Crippen LogP contribution in [0.3, 0.4) is 0 Å². The highest BCUT2D eigenvalue weighted by Crippen LogP contribution is 2.51. The van der Waals surface area contributed by atoms with Gasteiger partial charge < -0.3 is 14.6 Å². The Morgan fingerprint density at radius 1 is 1.39 bits per heavy atom. The molecule has 0 radical (unpaired) electrons. The number of fused-ring (bicyclic) bond motifs is 1. The maximum absolute atomic E-state index is 11.6. The third kappa shape index (κ3) is 1.48. The van der Waals surface area contributed by atoms with Crippen LogP contribution in [0.25, 0.3) is 0 Å². The van der Waals surface area contributed by atoms with Crippen molar-refractivity contribution in [2.45, 2.75) is 31.6 Å². The van der Waals surface area contributed by atoms with Crippen molar-refractivity contribution in [3.05, 3.63) is 23.8 Å². The SMILES string of the molecule is CCC1CC(C(=O)O)(c2ccc3c(c2)OCO3)C1. The second-order valence-corrected chi connectivity index (χ2v) is 5.14. The second-order valence-electron chi connectivity index (χ2n) is 5.14. The van der Waals surface area contributed by atoms with E-state index in [1.165, 1.54) is 0 Å². The van der Waals surface area contributed by atoms with Crippen LogP contribution in [0, 0.1) is 5.92 Å². The Morgan fingerprint density at radius 2 is 2.11 bits per heavy atom. The van der Waals surface area contributed by atoms with Crippen LogP contribution in [0.4, 0.5) is 0 Å². The van der Waals surface area contributed by atoms with E-state index in [2.05, 4.69) is 6.92 Å². The molecule has 0 atom stereocenters. The first-order valence-corrected chi connectivity index (χ1v) is 6.29. The molecule has 1 aromatic rings. The fourth-order valence-electron chi connectivity index (χ4n) is 2.94. The molecule has 3 rings (SSSR count). The molecule has 0 saturated heterocycles. The monoisotopic (exact) mass is 248 g/mol. The Balaban J connectivity index is 1.95. The Kier molecular flexibility index (Phi) is 2.47. The summed E-state index contributed by atoms with van der Waals surface area (Å²) in [6, 6.07) is 5.48. The number of carboxylic acid groups (broad SMARTS) is 1. The lowest BCUT2D eigenvalue weighted by Crippen LogP contribution is -2.47. The molecule has 0 bridgehead atoms. The molecular weight excluding hydrogens is 232 g/mol. The third-order valence-corrected chi connectivity index (χ3v) is 4.19. The zero-order valence-electron chi connectivity index (χ0n) is 10.3. The van der Waals surface area contributed by atoms with Crippen LogP contribution in [-0.2, 0) is 10.2 Å². The summed E-state index contributed by atoms with van der Waals surface area (Å²) in [6.07, 6.45) is 2.48. The lowest BCUT2D eigenvalue weighted by atomic mass is 9.58. The minimum atomic E-state index is -0.730. The Morgan fingerprint density at radius 3 is 2.78 bits per heavy atom. The largest absolute Gasteiger partial charge is 0.481 e. The molecule has 1 aliphatic carbocycles. The van der Waals surface area contributed by atoms with Crippen LogP contribution >= 0.6 is 0 Å². The number of aliphatic carboxylic acids is 1. The summed E-state index contributed by atoms with van der Waals surface area (Å²) in [5.41, 5.74) is 0.116. The molecule has 0 unspecified atom stereocenters. The summed E-state index contributed by atoms with van der Waals surface area (Å²) in [7, 11) is 0. The van der Waals surface area contributed by atoms with Gasteiger partial charge in [0.15, 0.2) is 11.5 Å². The van der Waals surface area contributed by atoms with Crippen molar-refractivity contribution in [3.63, 3.8) is 0 Å². The first-order valence-electron chi connectivity index (χ1n) is 6.29. The number of hydrogen-bond donors (Lipinski definition) is 1. The lowest BCUT2D eigenvalue weighted by molar-refractivity contribution is -0.149. The maximum Gasteiger partial charge on any atom is 0.314 e. The smallest absolute Gasteiger partial charge is 0.314 e. The fraction of sp³-hybridized carbons (Fsp3) is 0.500. The third-order valence-electron chi connectivity index (χ3n) is 4.19. The summed E-state index contributed by atoms with van der Waals surface area (Å²) in [5.74, 6) is 1.15. The number of hydrogen-bond acceptors (Lipinski definition) is 3. The van der Waals surface area contributed by atoms with Gasteiger partial charge >= 0.3 is 5.97 Å². The lowest BCUT2D eigenvalue weighted by Gasteiger charge is -2.44. The number of carbonyl (C=O) groups is 1. The van der Waals surface area contributed by atoms with Crippen molar-refractivity contribution < 1.29 is 19.4 Å². The van der Waals surface area contributed by atoms with Gasteiger partial charge in [0.2, 0.25) is 6.79 Å². The minimum Gasteiger partial charge on any atom is -0.481 e. The molecule has 1 heterocycles. The van der Waals surface area contributed by atoms with Crippen LogP contribution in [0.15, 0.2) is 18.2 Å². The van der Waals surface area contributed by atoms with Crippen molar-refractivity contribution in [1.29, 1.82) is 0 Å². The molecule has 1 fully saturated rings. The molecule has 0 spiro atoms. The number of benzene rings is 1. The van der Waals surface area contributed by atoms with Gasteiger partial charge in [-0.3, -0.25) is 4.79 Å². The summed E-state index contributed by atoms with van der Waals surface area (Å²) < 4.78 is 10.6. The van der Waals surface area contributed by atoms with Crippen LogP contribution in [-0.4, -0.2) is 17.9 Å². The quantitative estimate of drug-likeness (QED) is 0.893. The zero-order valence-corrected chi connectivity index (χ0v) is 10.3. The average molecular weight is 248 g/mol. The van der Waals surface area contributed by atoms with Gasteiger partial charge in [0.1, 0.15) is 0 Å². The molecular formula is C14H16O4. The molecule has 1 aliphatic heterocycles. The number of rotatable bonds is 3. The van der Waals surface area contributed by atoms with E-state index in [-0.39, 0.29) is 6.79 Å². The molecule has 0 amide bonds. The van der Waals surface area contributed by atoms with Crippen molar-refractivity contribution >= 4 is 5.97 Å². The topological polar surface area (TPSA) is 55.8 Å². The van der Waals surface area contributed by atoms with Crippen LogP contribution in [0.5, 0.6) is 11.5 Å². The van der Waals surface area contributed by atoms with Gasteiger partial charge in [-0.15, -0.1) is 0 Å². The van der Waals surface area contributed by atoms with E-state index in [9.17, 15) is 9.90 Å². The number of ether oxygens (including phenoxy) is 2. The van der Waals surface area contributed by atoms with Crippen molar-refractivity contribution in [1.82, 2.24) is 0 Å². The fourth-order valence-corrected chi connectivity index (χ4v) is 2.94. The van der Waals surface area contributed by atoms with Crippen molar-refractivity contribution in [2.75, 3.05) is 6.79 Å². The van der Waals surface area contributed by atoms with Crippen LogP contribution in [0.2, 0.25) is 0 Å². The first-order chi connectivity index (χ1) is 8.65. The van der Waals surface area contributed by atoms with E-state index in [4.69, 9.17) is 9.47 Å². The van der Waals surface area contributed by atoms with Gasteiger partial charge in [-0.1, -0.05) is 19.4 Å². The Bertz CT molecular complexity index is 489. The predicted molar refractivity (Wildman–Crippen MR) is 64.9 cm³/mol. The van der Waals surface area contributed by atoms with Crippen molar-refractivity contribution in [2.24, 2.45) is 5.92 Å². The second kappa shape index (κ2) is 3.90. The average Bonchev–Trinajstić information content (AvgIpc) is 2.75. The molecule has 2 aliphatic rings. The highest BCUT2D eigenvalue weighted by atomic mass is 16.7. The van der Waals surface area contributed by atoms with E-state index in [0.717, 1.165) is 24.8 Å². The summed E-state index contributed by atoms with van der Waals surface area (Å²) in [6.45, 7) is 2.33. The van der Waals surface area contributed by atoms with Gasteiger partial charge in [-0.25, -0.2) is 0 Å². The summed E-state index contributed by atoms with van der Waals surface area (Å²) in [4.78, 5) is 11.6. The molecule has 96 valence electrons. The zero-order chi connectivity index (χ0) is 12.8. The molecule has 1 saturated carbocycles. The van der Waals surface area contributed by atoms with E-state index < -0.39 is 11.4 Å². The molecule has 0 aromatic heterocycles. The molecule has 1 aromatic carbocycles. The van der Waals surface area contributed by atoms with E-state index in [1.807, 2.05) is 18.2 Å². The minimum absolute atomic E-state index is 0.219. The van der Waals surface area contributed by atoms with E-state index >= 15 is 0 Å². The highest BCUT2D eigenvalue weighted by molar-refractivity contribution is 5.83. The van der Waals surface area contributed by atoms with E-state index in [0.29, 0.717) is 17.4 Å². The Labute approximate surface area is 106 Å². The molecule has 4 nitrogen and oxygen atoms in total. The first kappa shape index (κ1) is 11.4. The predicted octanol–water partition coefficient (Wildman–Crippen LogP) is 2.56. The normalized spacial score (nSPS) is 28.8. The Hall–Kier alpha value is -1.71. The standard InChI is InChI=1S/C14H16O4/c1-2-9-6-14(7-9,13(15)16)10-3-4-11-12(5-10)18-8-17-11/h3-5,9H,2,6-8H2,1H3,(H,15,16). The van der Waals surface area contributed by atoms with Gasteiger partial charge in [-0.2, -0.15) is 0 Å². The van der Waals surface area contributed by atoms with Crippen molar-refractivity contribution in [3.8, 4) is 11.5 Å². The number of carboxylic acids is 1. The molecule has 4 heteroatoms. The molecule has 18 heavy (non-hydrogen) atoms. The molecule has 1 N–H and O–H groups in total. The maximum atomic E-state index is 11.6. The van der Waals surface area contributed by atoms with Crippen LogP contribution < -0.4 is 9.47 Å². The highest BCUT2D eigenvalue weighted by Gasteiger charge is 2.51. The van der Waals surface area contributed by atoms with Gasteiger partial charge in [0.25, 0.3) is 0 Å².